The Hall–Kier alpha value is -0.915. The quantitative estimate of drug-likeness (QED) is 0.782. The summed E-state index contributed by atoms with van der Waals surface area (Å²) < 4.78 is 27.6. The highest BCUT2D eigenvalue weighted by molar-refractivity contribution is 6.55. The third-order valence-corrected chi connectivity index (χ3v) is 6.29. The third-order valence-electron chi connectivity index (χ3n) is 5.96. The first-order chi connectivity index (χ1) is 12.6. The van der Waals surface area contributed by atoms with Crippen molar-refractivity contribution in [1.82, 2.24) is 4.90 Å². The Bertz CT molecular complexity index is 702. The summed E-state index contributed by atoms with van der Waals surface area (Å²) in [5.41, 5.74) is 5.61. The van der Waals surface area contributed by atoms with Gasteiger partial charge in [0, 0.05) is 23.2 Å². The summed E-state index contributed by atoms with van der Waals surface area (Å²) in [5, 5.41) is 0.521. The van der Waals surface area contributed by atoms with E-state index in [-0.39, 0.29) is 6.04 Å². The van der Waals surface area contributed by atoms with Gasteiger partial charge in [0.25, 0.3) is 0 Å². The van der Waals surface area contributed by atoms with E-state index in [1.807, 2.05) is 45.9 Å². The van der Waals surface area contributed by atoms with Crippen LogP contribution in [0.2, 0.25) is 5.02 Å². The van der Waals surface area contributed by atoms with Gasteiger partial charge in [-0.1, -0.05) is 29.8 Å². The van der Waals surface area contributed by atoms with E-state index in [1.54, 1.807) is 6.07 Å². The summed E-state index contributed by atoms with van der Waals surface area (Å²) in [7, 11) is -1.03. The zero-order chi connectivity index (χ0) is 19.8. The van der Waals surface area contributed by atoms with Gasteiger partial charge >= 0.3 is 7.12 Å². The van der Waals surface area contributed by atoms with Crippen LogP contribution in [0.4, 0.5) is 4.39 Å². The lowest BCUT2D eigenvalue weighted by atomic mass is 9.82. The number of halogens is 2. The van der Waals surface area contributed by atoms with Gasteiger partial charge in [-0.25, -0.2) is 4.39 Å². The molecule has 148 valence electrons. The fourth-order valence-electron chi connectivity index (χ4n) is 3.42. The molecule has 0 atom stereocenters. The summed E-state index contributed by atoms with van der Waals surface area (Å²) >= 11 is 6.40. The Balaban J connectivity index is 1.94. The van der Waals surface area contributed by atoms with Crippen LogP contribution < -0.4 is 5.73 Å². The highest BCUT2D eigenvalue weighted by Gasteiger charge is 2.53. The number of nitrogens with two attached hydrogens (primary N) is 1. The van der Waals surface area contributed by atoms with Crippen LogP contribution in [0.15, 0.2) is 30.0 Å². The minimum atomic E-state index is -1.03. The van der Waals surface area contributed by atoms with Crippen LogP contribution in [-0.2, 0) is 9.31 Å². The molecule has 0 amide bonds. The number of rotatable bonds is 4. The maximum atomic E-state index is 15.7. The van der Waals surface area contributed by atoms with Gasteiger partial charge in [0.15, 0.2) is 0 Å². The highest BCUT2D eigenvalue weighted by atomic mass is 35.5. The average Bonchev–Trinajstić information content (AvgIpc) is 2.82. The smallest absolute Gasteiger partial charge is 0.398 e. The topological polar surface area (TPSA) is 47.7 Å². The molecule has 2 aliphatic heterocycles. The second-order valence-corrected chi connectivity index (χ2v) is 8.92. The lowest BCUT2D eigenvalue weighted by Crippen LogP contribution is -2.41. The van der Waals surface area contributed by atoms with Crippen LogP contribution in [0.25, 0.3) is 5.57 Å². The molecule has 2 fully saturated rings. The summed E-state index contributed by atoms with van der Waals surface area (Å²) in [5.74, 6) is 0. The van der Waals surface area contributed by atoms with Crippen LogP contribution in [0.3, 0.4) is 0 Å². The van der Waals surface area contributed by atoms with Crippen molar-refractivity contribution >= 4 is 24.3 Å². The Morgan fingerprint density at radius 3 is 2.30 bits per heavy atom. The van der Waals surface area contributed by atoms with Gasteiger partial charge in [0.1, 0.15) is 5.73 Å². The van der Waals surface area contributed by atoms with Crippen molar-refractivity contribution in [2.75, 3.05) is 19.6 Å². The second-order valence-electron chi connectivity index (χ2n) is 8.51. The molecule has 3 rings (SSSR count). The van der Waals surface area contributed by atoms with Crippen molar-refractivity contribution < 1.29 is 13.7 Å². The van der Waals surface area contributed by atoms with Crippen LogP contribution in [0.1, 0.15) is 46.1 Å². The molecule has 0 aliphatic carbocycles. The predicted octanol–water partition coefficient (Wildman–Crippen LogP) is 4.08. The first-order valence-electron chi connectivity index (χ1n) is 9.58. The number of benzene rings is 1. The van der Waals surface area contributed by atoms with Crippen molar-refractivity contribution in [1.29, 1.82) is 0 Å². The van der Waals surface area contributed by atoms with Gasteiger partial charge in [0.05, 0.1) is 11.2 Å². The van der Waals surface area contributed by atoms with E-state index in [2.05, 4.69) is 4.90 Å². The number of piperidine rings is 1. The first kappa shape index (κ1) is 20.8. The maximum absolute atomic E-state index is 15.7. The molecule has 0 bridgehead atoms. The molecule has 0 aromatic heterocycles. The van der Waals surface area contributed by atoms with Gasteiger partial charge in [0.2, 0.25) is 0 Å². The molecule has 0 radical (unpaired) electrons. The summed E-state index contributed by atoms with van der Waals surface area (Å²) in [6.45, 7) is 9.80. The van der Waals surface area contributed by atoms with Crippen molar-refractivity contribution in [3.05, 3.63) is 40.6 Å². The SMILES string of the molecule is CC1(C)OB(C(F)=C(CN2CCC(N)CC2)c2ccccc2Cl)OC1(C)C. The lowest BCUT2D eigenvalue weighted by Gasteiger charge is -2.32. The predicted molar refractivity (Wildman–Crippen MR) is 109 cm³/mol. The molecule has 2 heterocycles. The van der Waals surface area contributed by atoms with Gasteiger partial charge in [-0.05, 0) is 65.3 Å². The molecule has 27 heavy (non-hydrogen) atoms. The molecule has 2 N–H and O–H groups in total. The zero-order valence-electron chi connectivity index (χ0n) is 16.6. The third kappa shape index (κ3) is 4.41. The maximum Gasteiger partial charge on any atom is 0.525 e. The minimum absolute atomic E-state index is 0.224. The molecule has 0 saturated carbocycles. The van der Waals surface area contributed by atoms with Gasteiger partial charge in [-0.2, -0.15) is 0 Å². The van der Waals surface area contributed by atoms with E-state index in [0.29, 0.717) is 22.7 Å². The van der Waals surface area contributed by atoms with E-state index in [0.717, 1.165) is 25.9 Å². The Morgan fingerprint density at radius 1 is 1.19 bits per heavy atom. The molecule has 7 heteroatoms. The van der Waals surface area contributed by atoms with Crippen molar-refractivity contribution in [3.8, 4) is 0 Å². The van der Waals surface area contributed by atoms with Crippen LogP contribution in [0, 0.1) is 0 Å². The van der Waals surface area contributed by atoms with Gasteiger partial charge < -0.3 is 15.0 Å². The van der Waals surface area contributed by atoms with Crippen molar-refractivity contribution in [3.63, 3.8) is 0 Å². The Labute approximate surface area is 167 Å². The fraction of sp³-hybridized carbons (Fsp3) is 0.600. The van der Waals surface area contributed by atoms with E-state index in [9.17, 15) is 0 Å². The molecule has 0 spiro atoms. The summed E-state index contributed by atoms with van der Waals surface area (Å²) in [6, 6.07) is 7.56. The van der Waals surface area contributed by atoms with E-state index < -0.39 is 24.0 Å². The largest absolute Gasteiger partial charge is 0.525 e. The first-order valence-corrected chi connectivity index (χ1v) is 9.95. The van der Waals surface area contributed by atoms with Crippen LogP contribution in [0.5, 0.6) is 0 Å². The normalized spacial score (nSPS) is 24.2. The highest BCUT2D eigenvalue weighted by Crippen LogP contribution is 2.41. The molecular weight excluding hydrogens is 365 g/mol. The van der Waals surface area contributed by atoms with E-state index in [4.69, 9.17) is 26.6 Å². The van der Waals surface area contributed by atoms with Gasteiger partial charge in [-0.3, -0.25) is 4.90 Å². The molecule has 1 aromatic carbocycles. The average molecular weight is 395 g/mol. The van der Waals surface area contributed by atoms with E-state index in [1.165, 1.54) is 0 Å². The van der Waals surface area contributed by atoms with Gasteiger partial charge in [-0.15, -0.1) is 0 Å². The Kier molecular flexibility index (Phi) is 6.04. The summed E-state index contributed by atoms with van der Waals surface area (Å²) in [6.07, 6.45) is 1.82. The molecule has 1 aromatic rings. The fourth-order valence-corrected chi connectivity index (χ4v) is 3.67. The number of hydrogen-bond acceptors (Lipinski definition) is 4. The molecule has 2 saturated heterocycles. The monoisotopic (exact) mass is 394 g/mol. The number of nitrogens with zero attached hydrogens (tertiary/aromatic N) is 1. The number of likely N-dealkylation sites (tertiary alicyclic amines) is 1. The van der Waals surface area contributed by atoms with Crippen LogP contribution >= 0.6 is 11.6 Å². The Morgan fingerprint density at radius 2 is 1.74 bits per heavy atom. The molecule has 2 aliphatic rings. The number of hydrogen-bond donors (Lipinski definition) is 1. The lowest BCUT2D eigenvalue weighted by molar-refractivity contribution is 0.00578. The molecule has 4 nitrogen and oxygen atoms in total. The van der Waals surface area contributed by atoms with Crippen molar-refractivity contribution in [2.24, 2.45) is 5.73 Å². The second kappa shape index (κ2) is 7.84. The van der Waals surface area contributed by atoms with Crippen LogP contribution in [-0.4, -0.2) is 48.9 Å². The van der Waals surface area contributed by atoms with Crippen molar-refractivity contribution in [2.45, 2.75) is 57.8 Å². The minimum Gasteiger partial charge on any atom is -0.398 e. The molecular formula is C20H29BClFN2O2. The summed E-state index contributed by atoms with van der Waals surface area (Å²) in [4.78, 5) is 2.22. The molecule has 0 unspecified atom stereocenters. The zero-order valence-corrected chi connectivity index (χ0v) is 17.4. The standard InChI is InChI=1S/C20H29BClFN2O2/c1-19(2)20(3,4)27-21(26-19)18(23)16(15-7-5-6-8-17(15)22)13-25-11-9-14(24)10-12-25/h5-8,14H,9-13,24H2,1-4H3. The van der Waals surface area contributed by atoms with E-state index >= 15 is 4.39 Å².